The molecule has 0 saturated heterocycles. The summed E-state index contributed by atoms with van der Waals surface area (Å²) in [6.07, 6.45) is 3.60. The normalized spacial score (nSPS) is 27.5. The first-order valence-corrected chi connectivity index (χ1v) is 8.97. The van der Waals surface area contributed by atoms with Crippen molar-refractivity contribution < 1.29 is 8.42 Å². The molecule has 0 radical (unpaired) electrons. The number of benzene rings is 1. The summed E-state index contributed by atoms with van der Waals surface area (Å²) in [5.41, 5.74) is 7.93. The van der Waals surface area contributed by atoms with Crippen molar-refractivity contribution in [3.8, 4) is 0 Å². The van der Waals surface area contributed by atoms with E-state index in [9.17, 15) is 8.42 Å². The van der Waals surface area contributed by atoms with Gasteiger partial charge in [0.15, 0.2) is 9.84 Å². The smallest absolute Gasteiger partial charge is 0.183 e. The highest BCUT2D eigenvalue weighted by atomic mass is 32.2. The van der Waals surface area contributed by atoms with Crippen LogP contribution in [0.15, 0.2) is 23.1 Å². The van der Waals surface area contributed by atoms with Gasteiger partial charge < -0.3 is 5.73 Å². The van der Waals surface area contributed by atoms with Gasteiger partial charge in [-0.25, -0.2) is 8.42 Å². The highest BCUT2D eigenvalue weighted by molar-refractivity contribution is 7.92. The van der Waals surface area contributed by atoms with Gasteiger partial charge in [0.2, 0.25) is 0 Å². The molecule has 20 heavy (non-hydrogen) atoms. The molecule has 3 unspecified atom stereocenters. The van der Waals surface area contributed by atoms with Gasteiger partial charge in [-0.2, -0.15) is 0 Å². The zero-order chi connectivity index (χ0) is 14.9. The molecule has 4 heteroatoms. The van der Waals surface area contributed by atoms with Crippen molar-refractivity contribution in [1.82, 2.24) is 0 Å². The van der Waals surface area contributed by atoms with Crippen LogP contribution in [-0.2, 0) is 9.84 Å². The topological polar surface area (TPSA) is 60.2 Å². The second-order valence-corrected chi connectivity index (χ2v) is 8.24. The Kier molecular flexibility index (Phi) is 4.55. The van der Waals surface area contributed by atoms with E-state index in [2.05, 4.69) is 6.92 Å². The van der Waals surface area contributed by atoms with Crippen molar-refractivity contribution in [3.05, 3.63) is 29.3 Å². The maximum atomic E-state index is 13.0. The average Bonchev–Trinajstić information content (AvgIpc) is 2.41. The average molecular weight is 295 g/mol. The molecule has 0 aliphatic heterocycles. The Bertz CT molecular complexity index is 580. The van der Waals surface area contributed by atoms with Crippen LogP contribution < -0.4 is 5.73 Å². The number of rotatable bonds is 3. The van der Waals surface area contributed by atoms with Gasteiger partial charge in [0, 0.05) is 6.04 Å². The Morgan fingerprint density at radius 1 is 1.25 bits per heavy atom. The molecule has 0 amide bonds. The summed E-state index contributed by atoms with van der Waals surface area (Å²) < 4.78 is 25.9. The molecule has 1 aliphatic carbocycles. The molecular weight excluding hydrogens is 270 g/mol. The summed E-state index contributed by atoms with van der Waals surface area (Å²) in [6, 6.07) is 5.38. The standard InChI is InChI=1S/C16H25NO2S/c1-4-13-7-8-14(17)16(10-13)20(18,19)15-9-11(2)5-6-12(15)3/h5-6,9,13-14,16H,4,7-8,10,17H2,1-3H3. The summed E-state index contributed by atoms with van der Waals surface area (Å²) >= 11 is 0. The lowest BCUT2D eigenvalue weighted by Gasteiger charge is -2.33. The molecule has 0 aromatic heterocycles. The first-order valence-electron chi connectivity index (χ1n) is 7.43. The van der Waals surface area contributed by atoms with E-state index in [0.29, 0.717) is 17.2 Å². The van der Waals surface area contributed by atoms with Gasteiger partial charge in [-0.05, 0) is 56.2 Å². The molecule has 1 aromatic rings. The second kappa shape index (κ2) is 5.86. The van der Waals surface area contributed by atoms with E-state index >= 15 is 0 Å². The van der Waals surface area contributed by atoms with Crippen LogP contribution in [0.3, 0.4) is 0 Å². The Morgan fingerprint density at radius 3 is 2.60 bits per heavy atom. The summed E-state index contributed by atoms with van der Waals surface area (Å²) in [4.78, 5) is 0.467. The van der Waals surface area contributed by atoms with Gasteiger partial charge >= 0.3 is 0 Å². The Balaban J connectivity index is 2.40. The van der Waals surface area contributed by atoms with E-state index in [1.54, 1.807) is 6.07 Å². The molecule has 112 valence electrons. The molecule has 0 bridgehead atoms. The van der Waals surface area contributed by atoms with Gasteiger partial charge in [-0.1, -0.05) is 25.5 Å². The number of hydrogen-bond donors (Lipinski definition) is 1. The van der Waals surface area contributed by atoms with Gasteiger partial charge in [0.1, 0.15) is 0 Å². The predicted molar refractivity (Wildman–Crippen MR) is 82.5 cm³/mol. The Hall–Kier alpha value is -0.870. The first kappa shape index (κ1) is 15.5. The first-order chi connectivity index (χ1) is 9.36. The van der Waals surface area contributed by atoms with Crippen molar-refractivity contribution in [3.63, 3.8) is 0 Å². The minimum Gasteiger partial charge on any atom is -0.327 e. The zero-order valence-electron chi connectivity index (χ0n) is 12.6. The van der Waals surface area contributed by atoms with Crippen LogP contribution in [0.5, 0.6) is 0 Å². The van der Waals surface area contributed by atoms with E-state index in [1.165, 1.54) is 0 Å². The maximum absolute atomic E-state index is 13.0. The SMILES string of the molecule is CCC1CCC(N)C(S(=O)(=O)c2cc(C)ccc2C)C1. The van der Waals surface area contributed by atoms with Crippen LogP contribution in [0, 0.1) is 19.8 Å². The van der Waals surface area contributed by atoms with E-state index < -0.39 is 15.1 Å². The fourth-order valence-corrected chi connectivity index (χ4v) is 5.45. The van der Waals surface area contributed by atoms with Crippen LogP contribution in [-0.4, -0.2) is 19.7 Å². The minimum absolute atomic E-state index is 0.234. The monoisotopic (exact) mass is 295 g/mol. The molecule has 0 spiro atoms. The van der Waals surface area contributed by atoms with Crippen molar-refractivity contribution >= 4 is 9.84 Å². The van der Waals surface area contributed by atoms with Gasteiger partial charge in [0.05, 0.1) is 10.1 Å². The Morgan fingerprint density at radius 2 is 1.95 bits per heavy atom. The largest absolute Gasteiger partial charge is 0.327 e. The number of nitrogens with two attached hydrogens (primary N) is 1. The molecule has 1 aliphatic rings. The highest BCUT2D eigenvalue weighted by Crippen LogP contribution is 2.34. The number of aryl methyl sites for hydroxylation is 2. The molecule has 1 fully saturated rings. The van der Waals surface area contributed by atoms with Gasteiger partial charge in [-0.15, -0.1) is 0 Å². The molecule has 1 aromatic carbocycles. The van der Waals surface area contributed by atoms with Gasteiger partial charge in [-0.3, -0.25) is 0 Å². The summed E-state index contributed by atoms with van der Waals surface area (Å²) in [6.45, 7) is 5.91. The van der Waals surface area contributed by atoms with Gasteiger partial charge in [0.25, 0.3) is 0 Å². The second-order valence-electron chi connectivity index (χ2n) is 6.10. The number of hydrogen-bond acceptors (Lipinski definition) is 3. The van der Waals surface area contributed by atoms with E-state index in [1.807, 2.05) is 26.0 Å². The summed E-state index contributed by atoms with van der Waals surface area (Å²) in [7, 11) is -3.33. The Labute approximate surface area is 122 Å². The lowest BCUT2D eigenvalue weighted by atomic mass is 9.84. The van der Waals surface area contributed by atoms with Crippen molar-refractivity contribution in [2.45, 2.75) is 62.6 Å². The molecule has 3 atom stereocenters. The maximum Gasteiger partial charge on any atom is 0.183 e. The summed E-state index contributed by atoms with van der Waals surface area (Å²) in [5.74, 6) is 0.486. The third-order valence-corrected chi connectivity index (χ3v) is 6.97. The third kappa shape index (κ3) is 2.91. The van der Waals surface area contributed by atoms with Crippen molar-refractivity contribution in [2.24, 2.45) is 11.7 Å². The lowest BCUT2D eigenvalue weighted by Crippen LogP contribution is -2.45. The minimum atomic E-state index is -3.33. The van der Waals surface area contributed by atoms with Crippen molar-refractivity contribution in [2.75, 3.05) is 0 Å². The third-order valence-electron chi connectivity index (χ3n) is 4.58. The summed E-state index contributed by atoms with van der Waals surface area (Å²) in [5, 5.41) is -0.429. The molecule has 2 N–H and O–H groups in total. The van der Waals surface area contributed by atoms with E-state index in [0.717, 1.165) is 30.4 Å². The lowest BCUT2D eigenvalue weighted by molar-refractivity contribution is 0.319. The zero-order valence-corrected chi connectivity index (χ0v) is 13.4. The van der Waals surface area contributed by atoms with Crippen molar-refractivity contribution in [1.29, 1.82) is 0 Å². The van der Waals surface area contributed by atoms with Crippen LogP contribution in [0.1, 0.15) is 43.7 Å². The van der Waals surface area contributed by atoms with E-state index in [4.69, 9.17) is 5.73 Å². The molecular formula is C16H25NO2S. The molecule has 0 heterocycles. The molecule has 1 saturated carbocycles. The molecule has 2 rings (SSSR count). The van der Waals surface area contributed by atoms with Crippen LogP contribution in [0.4, 0.5) is 0 Å². The fourth-order valence-electron chi connectivity index (χ4n) is 3.14. The highest BCUT2D eigenvalue weighted by Gasteiger charge is 2.38. The number of sulfone groups is 1. The predicted octanol–water partition coefficient (Wildman–Crippen LogP) is 2.98. The van der Waals surface area contributed by atoms with Crippen LogP contribution in [0.2, 0.25) is 0 Å². The van der Waals surface area contributed by atoms with E-state index in [-0.39, 0.29) is 6.04 Å². The quantitative estimate of drug-likeness (QED) is 0.932. The van der Waals surface area contributed by atoms with Crippen LogP contribution >= 0.6 is 0 Å². The van der Waals surface area contributed by atoms with Crippen LogP contribution in [0.25, 0.3) is 0 Å². The fraction of sp³-hybridized carbons (Fsp3) is 0.625. The molecule has 3 nitrogen and oxygen atoms in total.